The maximum Gasteiger partial charge on any atom is 0.416 e. The molecular formula is C12H14F3N. The number of hydrogen-bond donors (Lipinski definition) is 1. The van der Waals surface area contributed by atoms with E-state index in [4.69, 9.17) is 5.73 Å². The van der Waals surface area contributed by atoms with Gasteiger partial charge in [-0.15, -0.1) is 0 Å². The fourth-order valence-electron chi connectivity index (χ4n) is 2.16. The maximum absolute atomic E-state index is 12.5. The Labute approximate surface area is 92.5 Å². The molecule has 0 spiro atoms. The number of rotatable bonds is 1. The Morgan fingerprint density at radius 2 is 2.06 bits per heavy atom. The first-order chi connectivity index (χ1) is 7.34. The minimum Gasteiger partial charge on any atom is -0.321 e. The van der Waals surface area contributed by atoms with Crippen LogP contribution < -0.4 is 5.73 Å². The summed E-state index contributed by atoms with van der Waals surface area (Å²) in [4.78, 5) is 0. The minimum absolute atomic E-state index is 0.246. The first-order valence-corrected chi connectivity index (χ1v) is 5.30. The van der Waals surface area contributed by atoms with Crippen LogP contribution in [-0.4, -0.2) is 0 Å². The van der Waals surface area contributed by atoms with E-state index in [0.717, 1.165) is 18.9 Å². The molecule has 16 heavy (non-hydrogen) atoms. The number of nitrogens with two attached hydrogens (primary N) is 1. The van der Waals surface area contributed by atoms with Crippen molar-refractivity contribution in [1.82, 2.24) is 0 Å². The van der Waals surface area contributed by atoms with E-state index in [9.17, 15) is 13.2 Å². The van der Waals surface area contributed by atoms with E-state index >= 15 is 0 Å². The second-order valence-electron chi connectivity index (χ2n) is 4.56. The normalized spacial score (nSPS) is 29.9. The highest BCUT2D eigenvalue weighted by atomic mass is 19.4. The van der Waals surface area contributed by atoms with E-state index < -0.39 is 17.3 Å². The van der Waals surface area contributed by atoms with Crippen molar-refractivity contribution in [1.29, 1.82) is 0 Å². The van der Waals surface area contributed by atoms with Crippen LogP contribution in [0.2, 0.25) is 0 Å². The summed E-state index contributed by atoms with van der Waals surface area (Å²) < 4.78 is 37.6. The molecule has 1 saturated carbocycles. The molecule has 0 amide bonds. The van der Waals surface area contributed by atoms with Crippen LogP contribution in [0.25, 0.3) is 0 Å². The second kappa shape index (κ2) is 3.48. The molecule has 2 N–H and O–H groups in total. The third-order valence-corrected chi connectivity index (χ3v) is 3.60. The van der Waals surface area contributed by atoms with Crippen LogP contribution in [0, 0.1) is 5.92 Å². The number of hydrogen-bond acceptors (Lipinski definition) is 1. The molecule has 1 aromatic carbocycles. The van der Waals surface area contributed by atoms with Crippen molar-refractivity contribution >= 4 is 0 Å². The summed E-state index contributed by atoms with van der Waals surface area (Å²) in [6.07, 6.45) is -2.55. The lowest BCUT2D eigenvalue weighted by molar-refractivity contribution is -0.137. The third kappa shape index (κ3) is 1.71. The second-order valence-corrected chi connectivity index (χ2v) is 4.56. The standard InChI is InChI=1S/C12H14F3N/c1-8-5-6-11(8,16)9-3-2-4-10(7-9)12(13,14)15/h2-4,7-8H,5-6,16H2,1H3. The van der Waals surface area contributed by atoms with Gasteiger partial charge in [-0.3, -0.25) is 0 Å². The molecule has 4 heteroatoms. The van der Waals surface area contributed by atoms with Crippen molar-refractivity contribution in [2.24, 2.45) is 11.7 Å². The van der Waals surface area contributed by atoms with Crippen LogP contribution in [0.1, 0.15) is 30.9 Å². The summed E-state index contributed by atoms with van der Waals surface area (Å²) in [7, 11) is 0. The van der Waals surface area contributed by atoms with Gasteiger partial charge in [-0.25, -0.2) is 0 Å². The average molecular weight is 229 g/mol. The molecule has 2 unspecified atom stereocenters. The predicted octanol–water partition coefficient (Wildman–Crippen LogP) is 3.29. The molecule has 1 aliphatic rings. The van der Waals surface area contributed by atoms with Gasteiger partial charge >= 0.3 is 6.18 Å². The molecule has 1 fully saturated rings. The zero-order valence-electron chi connectivity index (χ0n) is 9.01. The number of benzene rings is 1. The van der Waals surface area contributed by atoms with Gasteiger partial charge in [0, 0.05) is 5.54 Å². The molecular weight excluding hydrogens is 215 g/mol. The maximum atomic E-state index is 12.5. The van der Waals surface area contributed by atoms with Crippen molar-refractivity contribution in [2.75, 3.05) is 0 Å². The van der Waals surface area contributed by atoms with Crippen molar-refractivity contribution in [3.8, 4) is 0 Å². The van der Waals surface area contributed by atoms with Gasteiger partial charge < -0.3 is 5.73 Å². The summed E-state index contributed by atoms with van der Waals surface area (Å²) in [6, 6.07) is 5.37. The molecule has 2 atom stereocenters. The summed E-state index contributed by atoms with van der Waals surface area (Å²) in [5.41, 5.74) is 5.53. The van der Waals surface area contributed by atoms with Crippen molar-refractivity contribution in [3.63, 3.8) is 0 Å². The monoisotopic (exact) mass is 229 g/mol. The van der Waals surface area contributed by atoms with Gasteiger partial charge in [-0.05, 0) is 36.5 Å². The summed E-state index contributed by atoms with van der Waals surface area (Å²) in [5.74, 6) is 0.246. The summed E-state index contributed by atoms with van der Waals surface area (Å²) >= 11 is 0. The summed E-state index contributed by atoms with van der Waals surface area (Å²) in [5, 5.41) is 0. The molecule has 1 aromatic rings. The van der Waals surface area contributed by atoms with E-state index in [-0.39, 0.29) is 5.92 Å². The van der Waals surface area contributed by atoms with Gasteiger partial charge in [-0.1, -0.05) is 19.1 Å². The van der Waals surface area contributed by atoms with E-state index in [2.05, 4.69) is 0 Å². The van der Waals surface area contributed by atoms with Crippen LogP contribution in [0.4, 0.5) is 13.2 Å². The Hall–Kier alpha value is -1.03. The third-order valence-electron chi connectivity index (χ3n) is 3.60. The van der Waals surface area contributed by atoms with Gasteiger partial charge in [0.15, 0.2) is 0 Å². The Balaban J connectivity index is 2.37. The lowest BCUT2D eigenvalue weighted by Crippen LogP contribution is -2.50. The molecule has 2 rings (SSSR count). The Morgan fingerprint density at radius 3 is 2.50 bits per heavy atom. The average Bonchev–Trinajstić information content (AvgIpc) is 2.25. The Bertz CT molecular complexity index is 399. The van der Waals surface area contributed by atoms with Crippen LogP contribution in [-0.2, 0) is 11.7 Å². The molecule has 0 aromatic heterocycles. The van der Waals surface area contributed by atoms with Gasteiger partial charge in [-0.2, -0.15) is 13.2 Å². The zero-order chi connectivity index (χ0) is 12.0. The Morgan fingerprint density at radius 1 is 1.38 bits per heavy atom. The van der Waals surface area contributed by atoms with Crippen LogP contribution in [0.15, 0.2) is 24.3 Å². The van der Waals surface area contributed by atoms with E-state index in [1.807, 2.05) is 6.92 Å². The van der Waals surface area contributed by atoms with Crippen LogP contribution in [0.5, 0.6) is 0 Å². The molecule has 0 radical (unpaired) electrons. The minimum atomic E-state index is -4.29. The predicted molar refractivity (Wildman–Crippen MR) is 55.7 cm³/mol. The highest BCUT2D eigenvalue weighted by Crippen LogP contribution is 2.45. The van der Waals surface area contributed by atoms with Crippen molar-refractivity contribution in [3.05, 3.63) is 35.4 Å². The molecule has 0 bridgehead atoms. The quantitative estimate of drug-likeness (QED) is 0.785. The lowest BCUT2D eigenvalue weighted by Gasteiger charge is -2.45. The Kier molecular flexibility index (Phi) is 2.49. The summed E-state index contributed by atoms with van der Waals surface area (Å²) in [6.45, 7) is 1.98. The number of halogens is 3. The molecule has 0 aliphatic heterocycles. The van der Waals surface area contributed by atoms with Gasteiger partial charge in [0.25, 0.3) is 0 Å². The zero-order valence-corrected chi connectivity index (χ0v) is 9.01. The van der Waals surface area contributed by atoms with E-state index in [1.165, 1.54) is 12.1 Å². The fourth-order valence-corrected chi connectivity index (χ4v) is 2.16. The van der Waals surface area contributed by atoms with E-state index in [0.29, 0.717) is 5.56 Å². The molecule has 0 saturated heterocycles. The highest BCUT2D eigenvalue weighted by molar-refractivity contribution is 5.33. The van der Waals surface area contributed by atoms with Gasteiger partial charge in [0.2, 0.25) is 0 Å². The highest BCUT2D eigenvalue weighted by Gasteiger charge is 2.42. The molecule has 1 nitrogen and oxygen atoms in total. The SMILES string of the molecule is CC1CCC1(N)c1cccc(C(F)(F)F)c1. The first-order valence-electron chi connectivity index (χ1n) is 5.30. The van der Waals surface area contributed by atoms with Crippen LogP contribution >= 0.6 is 0 Å². The lowest BCUT2D eigenvalue weighted by atomic mass is 9.64. The van der Waals surface area contributed by atoms with Crippen molar-refractivity contribution < 1.29 is 13.2 Å². The van der Waals surface area contributed by atoms with Crippen LogP contribution in [0.3, 0.4) is 0 Å². The van der Waals surface area contributed by atoms with E-state index in [1.54, 1.807) is 6.07 Å². The van der Waals surface area contributed by atoms with Gasteiger partial charge in [0.05, 0.1) is 5.56 Å². The fraction of sp³-hybridized carbons (Fsp3) is 0.500. The number of alkyl halides is 3. The first kappa shape index (κ1) is 11.5. The van der Waals surface area contributed by atoms with Crippen molar-refractivity contribution in [2.45, 2.75) is 31.5 Å². The molecule has 88 valence electrons. The molecule has 1 aliphatic carbocycles. The largest absolute Gasteiger partial charge is 0.416 e. The van der Waals surface area contributed by atoms with Gasteiger partial charge in [0.1, 0.15) is 0 Å². The smallest absolute Gasteiger partial charge is 0.321 e. The topological polar surface area (TPSA) is 26.0 Å². The molecule has 0 heterocycles.